The molecule has 4 heteroatoms. The molecule has 0 aromatic carbocycles. The van der Waals surface area contributed by atoms with E-state index in [-0.39, 0.29) is 11.3 Å². The number of hydrogen-bond donors (Lipinski definition) is 2. The standard InChI is InChI=1S/C12H24N2OS/c1-4-16-8-5-10(2)14-11(15)12(3)6-7-13-9-12/h10,13H,4-9H2,1-3H3,(H,14,15). The molecule has 1 fully saturated rings. The van der Waals surface area contributed by atoms with E-state index in [1.165, 1.54) is 0 Å². The van der Waals surface area contributed by atoms with Gasteiger partial charge in [0.05, 0.1) is 5.41 Å². The summed E-state index contributed by atoms with van der Waals surface area (Å²) in [6.07, 6.45) is 2.02. The molecule has 1 aliphatic heterocycles. The molecule has 1 amide bonds. The van der Waals surface area contributed by atoms with Crippen molar-refractivity contribution < 1.29 is 4.79 Å². The zero-order valence-electron chi connectivity index (χ0n) is 10.6. The Kier molecular flexibility index (Phi) is 5.62. The second-order valence-electron chi connectivity index (χ2n) is 4.85. The van der Waals surface area contributed by atoms with Crippen molar-refractivity contribution in [3.8, 4) is 0 Å². The predicted molar refractivity (Wildman–Crippen MR) is 70.8 cm³/mol. The van der Waals surface area contributed by atoms with E-state index >= 15 is 0 Å². The van der Waals surface area contributed by atoms with Gasteiger partial charge < -0.3 is 10.6 Å². The van der Waals surface area contributed by atoms with Crippen LogP contribution in [0.5, 0.6) is 0 Å². The Balaban J connectivity index is 2.27. The first-order chi connectivity index (χ1) is 7.58. The first-order valence-electron chi connectivity index (χ1n) is 6.18. The van der Waals surface area contributed by atoms with Crippen molar-refractivity contribution in [2.45, 2.75) is 39.7 Å². The SMILES string of the molecule is CCSCCC(C)NC(=O)C1(C)CCNC1. The van der Waals surface area contributed by atoms with E-state index in [2.05, 4.69) is 31.4 Å². The Labute approximate surface area is 103 Å². The Morgan fingerprint density at radius 3 is 2.94 bits per heavy atom. The van der Waals surface area contributed by atoms with Crippen molar-refractivity contribution in [3.05, 3.63) is 0 Å². The predicted octanol–water partition coefficient (Wildman–Crippen LogP) is 1.63. The molecule has 0 aromatic heterocycles. The molecule has 0 radical (unpaired) electrons. The van der Waals surface area contributed by atoms with Crippen LogP contribution in [0.4, 0.5) is 0 Å². The quantitative estimate of drug-likeness (QED) is 0.698. The van der Waals surface area contributed by atoms with E-state index in [4.69, 9.17) is 0 Å². The van der Waals surface area contributed by atoms with Gasteiger partial charge in [0.25, 0.3) is 0 Å². The zero-order valence-corrected chi connectivity index (χ0v) is 11.5. The van der Waals surface area contributed by atoms with Crippen LogP contribution in [-0.2, 0) is 4.79 Å². The molecule has 0 aliphatic carbocycles. The van der Waals surface area contributed by atoms with E-state index in [0.29, 0.717) is 6.04 Å². The lowest BCUT2D eigenvalue weighted by atomic mass is 9.88. The number of nitrogens with one attached hydrogen (secondary N) is 2. The summed E-state index contributed by atoms with van der Waals surface area (Å²) in [7, 11) is 0. The van der Waals surface area contributed by atoms with Gasteiger partial charge in [0.15, 0.2) is 0 Å². The van der Waals surface area contributed by atoms with E-state index in [0.717, 1.165) is 37.4 Å². The third-order valence-electron chi connectivity index (χ3n) is 3.19. The molecule has 1 saturated heterocycles. The average Bonchev–Trinajstić information content (AvgIpc) is 2.67. The maximum atomic E-state index is 12.1. The van der Waals surface area contributed by atoms with Crippen LogP contribution < -0.4 is 10.6 Å². The highest BCUT2D eigenvalue weighted by Gasteiger charge is 2.36. The molecule has 0 bridgehead atoms. The van der Waals surface area contributed by atoms with E-state index < -0.39 is 0 Å². The molecule has 94 valence electrons. The molecule has 1 rings (SSSR count). The molecule has 2 N–H and O–H groups in total. The lowest BCUT2D eigenvalue weighted by Crippen LogP contribution is -2.44. The van der Waals surface area contributed by atoms with Gasteiger partial charge in [0.2, 0.25) is 5.91 Å². The summed E-state index contributed by atoms with van der Waals surface area (Å²) in [5, 5.41) is 6.38. The first-order valence-corrected chi connectivity index (χ1v) is 7.33. The van der Waals surface area contributed by atoms with E-state index in [1.54, 1.807) is 0 Å². The van der Waals surface area contributed by atoms with Crippen LogP contribution in [0.15, 0.2) is 0 Å². The summed E-state index contributed by atoms with van der Waals surface area (Å²) in [5.41, 5.74) is -0.188. The minimum atomic E-state index is -0.188. The Morgan fingerprint density at radius 1 is 1.62 bits per heavy atom. The van der Waals surface area contributed by atoms with Crippen molar-refractivity contribution in [3.63, 3.8) is 0 Å². The highest BCUT2D eigenvalue weighted by Crippen LogP contribution is 2.24. The van der Waals surface area contributed by atoms with Crippen LogP contribution in [0, 0.1) is 5.41 Å². The van der Waals surface area contributed by atoms with Gasteiger partial charge in [-0.2, -0.15) is 11.8 Å². The maximum absolute atomic E-state index is 12.1. The summed E-state index contributed by atoms with van der Waals surface area (Å²) >= 11 is 1.93. The highest BCUT2D eigenvalue weighted by atomic mass is 32.2. The second kappa shape index (κ2) is 6.50. The van der Waals surface area contributed by atoms with Gasteiger partial charge in [-0.3, -0.25) is 4.79 Å². The number of amides is 1. The third-order valence-corrected chi connectivity index (χ3v) is 4.13. The van der Waals surface area contributed by atoms with Crippen molar-refractivity contribution in [1.29, 1.82) is 0 Å². The third kappa shape index (κ3) is 3.98. The van der Waals surface area contributed by atoms with Gasteiger partial charge in [0.1, 0.15) is 0 Å². The number of thioether (sulfide) groups is 1. The minimum absolute atomic E-state index is 0.188. The molecule has 1 aliphatic rings. The summed E-state index contributed by atoms with van der Waals surface area (Å²) in [6.45, 7) is 8.09. The van der Waals surface area contributed by atoms with Gasteiger partial charge in [0, 0.05) is 12.6 Å². The van der Waals surface area contributed by atoms with Crippen LogP contribution >= 0.6 is 11.8 Å². The monoisotopic (exact) mass is 244 g/mol. The molecule has 2 unspecified atom stereocenters. The van der Waals surface area contributed by atoms with Gasteiger partial charge in [-0.05, 0) is 44.7 Å². The van der Waals surface area contributed by atoms with E-state index in [9.17, 15) is 4.79 Å². The summed E-state index contributed by atoms with van der Waals surface area (Å²) < 4.78 is 0. The minimum Gasteiger partial charge on any atom is -0.353 e. The molecule has 1 heterocycles. The fraction of sp³-hybridized carbons (Fsp3) is 0.917. The lowest BCUT2D eigenvalue weighted by molar-refractivity contribution is -0.129. The van der Waals surface area contributed by atoms with Gasteiger partial charge >= 0.3 is 0 Å². The summed E-state index contributed by atoms with van der Waals surface area (Å²) in [4.78, 5) is 12.1. The largest absolute Gasteiger partial charge is 0.353 e. The summed E-state index contributed by atoms with van der Waals surface area (Å²) in [6, 6.07) is 0.295. The fourth-order valence-electron chi connectivity index (χ4n) is 1.89. The number of rotatable bonds is 6. The van der Waals surface area contributed by atoms with Crippen LogP contribution in [0.25, 0.3) is 0 Å². The molecular formula is C12H24N2OS. The van der Waals surface area contributed by atoms with Crippen LogP contribution in [-0.4, -0.2) is 36.5 Å². The van der Waals surface area contributed by atoms with Gasteiger partial charge in [-0.1, -0.05) is 6.92 Å². The Bertz CT molecular complexity index is 227. The molecule has 0 aromatic rings. The molecule has 3 nitrogen and oxygen atoms in total. The van der Waals surface area contributed by atoms with Crippen molar-refractivity contribution in [2.24, 2.45) is 5.41 Å². The molecule has 0 spiro atoms. The average molecular weight is 244 g/mol. The normalized spacial score (nSPS) is 26.7. The maximum Gasteiger partial charge on any atom is 0.227 e. The molecule has 2 atom stereocenters. The van der Waals surface area contributed by atoms with Crippen LogP contribution in [0.3, 0.4) is 0 Å². The van der Waals surface area contributed by atoms with Crippen molar-refractivity contribution in [2.75, 3.05) is 24.6 Å². The second-order valence-corrected chi connectivity index (χ2v) is 6.24. The van der Waals surface area contributed by atoms with Gasteiger partial charge in [-0.25, -0.2) is 0 Å². The van der Waals surface area contributed by atoms with Crippen molar-refractivity contribution >= 4 is 17.7 Å². The van der Waals surface area contributed by atoms with Gasteiger partial charge in [-0.15, -0.1) is 0 Å². The Hall–Kier alpha value is -0.220. The molecule has 16 heavy (non-hydrogen) atoms. The number of carbonyl (C=O) groups is 1. The Morgan fingerprint density at radius 2 is 2.38 bits per heavy atom. The molecular weight excluding hydrogens is 220 g/mol. The smallest absolute Gasteiger partial charge is 0.227 e. The van der Waals surface area contributed by atoms with Crippen molar-refractivity contribution in [1.82, 2.24) is 10.6 Å². The van der Waals surface area contributed by atoms with Crippen LogP contribution in [0.1, 0.15) is 33.6 Å². The lowest BCUT2D eigenvalue weighted by Gasteiger charge is -2.24. The highest BCUT2D eigenvalue weighted by molar-refractivity contribution is 7.99. The summed E-state index contributed by atoms with van der Waals surface area (Å²) in [5.74, 6) is 2.50. The topological polar surface area (TPSA) is 41.1 Å². The van der Waals surface area contributed by atoms with Crippen LogP contribution in [0.2, 0.25) is 0 Å². The number of hydrogen-bond acceptors (Lipinski definition) is 3. The fourth-order valence-corrected chi connectivity index (χ4v) is 2.69. The number of carbonyl (C=O) groups excluding carboxylic acids is 1. The first kappa shape index (κ1) is 13.8. The van der Waals surface area contributed by atoms with E-state index in [1.807, 2.05) is 11.8 Å². The zero-order chi connectivity index (χ0) is 12.0. The molecule has 0 saturated carbocycles.